The van der Waals surface area contributed by atoms with Crippen LogP contribution in [0.2, 0.25) is 0 Å². The largest absolute Gasteiger partial charge is 0.205 e. The molecule has 15 heavy (non-hydrogen) atoms. The molecule has 0 fully saturated rings. The van der Waals surface area contributed by atoms with Gasteiger partial charge < -0.3 is 0 Å². The van der Waals surface area contributed by atoms with Gasteiger partial charge in [0.1, 0.15) is 13.1 Å². The zero-order valence-corrected chi connectivity index (χ0v) is 8.72. The molecule has 0 N–H and O–H groups in total. The van der Waals surface area contributed by atoms with Gasteiger partial charge >= 0.3 is 0 Å². The van der Waals surface area contributed by atoms with Gasteiger partial charge in [0.05, 0.1) is 0 Å². The fourth-order valence-corrected chi connectivity index (χ4v) is 1.34. The fraction of sp³-hybridized carbons (Fsp3) is 0.417. The molecule has 0 aliphatic rings. The molecule has 0 amide bonds. The van der Waals surface area contributed by atoms with Crippen LogP contribution in [-0.2, 0) is 13.1 Å². The van der Waals surface area contributed by atoms with Crippen molar-refractivity contribution in [1.29, 1.82) is 0 Å². The van der Waals surface area contributed by atoms with Crippen LogP contribution in [0.3, 0.4) is 0 Å². The van der Waals surface area contributed by atoms with Crippen LogP contribution in [0.1, 0.15) is 24.8 Å². The van der Waals surface area contributed by atoms with Crippen molar-refractivity contribution in [2.75, 3.05) is 0 Å². The number of aryl methyl sites for hydroxylation is 1. The standard InChI is InChI=1S/C12H15N2O/c1-2-3-4-5-8-14-9-6-12(7-10-14)11-13-15/h1,6-7,9-10H,3-5,8,11H2/q+1. The molecular weight excluding hydrogens is 188 g/mol. The SMILES string of the molecule is C#CCCCC[n+]1ccc(CN=O)cc1. The van der Waals surface area contributed by atoms with Crippen molar-refractivity contribution in [3.8, 4) is 12.3 Å². The van der Waals surface area contributed by atoms with E-state index < -0.39 is 0 Å². The van der Waals surface area contributed by atoms with E-state index in [1.54, 1.807) is 0 Å². The van der Waals surface area contributed by atoms with Gasteiger partial charge in [-0.3, -0.25) is 0 Å². The van der Waals surface area contributed by atoms with E-state index >= 15 is 0 Å². The number of nitrogens with zero attached hydrogens (tertiary/aromatic N) is 2. The molecule has 0 saturated heterocycles. The van der Waals surface area contributed by atoms with Gasteiger partial charge in [0.25, 0.3) is 0 Å². The second-order valence-corrected chi connectivity index (χ2v) is 3.39. The molecule has 0 atom stereocenters. The highest BCUT2D eigenvalue weighted by molar-refractivity contribution is 5.06. The lowest BCUT2D eigenvalue weighted by atomic mass is 10.2. The predicted molar refractivity (Wildman–Crippen MR) is 58.8 cm³/mol. The Kier molecular flexibility index (Phi) is 5.10. The average molecular weight is 203 g/mol. The molecule has 1 rings (SSSR count). The van der Waals surface area contributed by atoms with Crippen LogP contribution in [0.25, 0.3) is 0 Å². The summed E-state index contributed by atoms with van der Waals surface area (Å²) in [5.74, 6) is 2.62. The third kappa shape index (κ3) is 4.37. The van der Waals surface area contributed by atoms with E-state index in [1.807, 2.05) is 24.5 Å². The Morgan fingerprint density at radius 1 is 1.33 bits per heavy atom. The van der Waals surface area contributed by atoms with Crippen LogP contribution in [-0.4, -0.2) is 0 Å². The number of unbranched alkanes of at least 4 members (excludes halogenated alkanes) is 2. The molecule has 0 spiro atoms. The molecule has 1 aromatic heterocycles. The molecule has 1 heterocycles. The van der Waals surface area contributed by atoms with Crippen molar-refractivity contribution in [3.05, 3.63) is 35.0 Å². The normalized spacial score (nSPS) is 9.53. The van der Waals surface area contributed by atoms with E-state index in [-0.39, 0.29) is 6.54 Å². The van der Waals surface area contributed by atoms with Gasteiger partial charge in [-0.25, -0.2) is 4.57 Å². The van der Waals surface area contributed by atoms with Crippen molar-refractivity contribution in [1.82, 2.24) is 0 Å². The number of terminal acetylenes is 1. The highest BCUT2D eigenvalue weighted by Gasteiger charge is 2.00. The first kappa shape index (κ1) is 11.4. The molecule has 0 unspecified atom stereocenters. The van der Waals surface area contributed by atoms with Crippen LogP contribution in [0, 0.1) is 17.3 Å². The van der Waals surface area contributed by atoms with Crippen molar-refractivity contribution >= 4 is 0 Å². The summed E-state index contributed by atoms with van der Waals surface area (Å²) in [5, 5.41) is 2.84. The topological polar surface area (TPSA) is 33.3 Å². The number of nitroso groups, excluding NO2 is 1. The highest BCUT2D eigenvalue weighted by atomic mass is 16.3. The minimum Gasteiger partial charge on any atom is -0.205 e. The Hall–Kier alpha value is -1.69. The van der Waals surface area contributed by atoms with Gasteiger partial charge in [-0.05, 0) is 12.0 Å². The first-order valence-electron chi connectivity index (χ1n) is 5.07. The summed E-state index contributed by atoms with van der Waals surface area (Å²) >= 11 is 0. The number of hydrogen-bond acceptors (Lipinski definition) is 2. The fourth-order valence-electron chi connectivity index (χ4n) is 1.34. The molecule has 1 aromatic rings. The van der Waals surface area contributed by atoms with E-state index in [1.165, 1.54) is 0 Å². The van der Waals surface area contributed by atoms with Crippen LogP contribution in [0.4, 0.5) is 0 Å². The minimum atomic E-state index is 0.248. The third-order valence-electron chi connectivity index (χ3n) is 2.19. The first-order chi connectivity index (χ1) is 7.36. The maximum absolute atomic E-state index is 10.0. The molecule has 3 nitrogen and oxygen atoms in total. The summed E-state index contributed by atoms with van der Waals surface area (Å²) in [6, 6.07) is 3.84. The molecule has 78 valence electrons. The smallest absolute Gasteiger partial charge is 0.169 e. The van der Waals surface area contributed by atoms with Crippen molar-refractivity contribution < 1.29 is 4.57 Å². The molecule has 0 bridgehead atoms. The highest BCUT2D eigenvalue weighted by Crippen LogP contribution is 1.98. The minimum absolute atomic E-state index is 0.248. The molecule has 3 heteroatoms. The Balaban J connectivity index is 2.36. The van der Waals surface area contributed by atoms with Crippen LogP contribution >= 0.6 is 0 Å². The van der Waals surface area contributed by atoms with Crippen LogP contribution < -0.4 is 4.57 Å². The molecule has 0 saturated carbocycles. The van der Waals surface area contributed by atoms with Gasteiger partial charge in [0.2, 0.25) is 0 Å². The van der Waals surface area contributed by atoms with E-state index in [0.29, 0.717) is 0 Å². The molecule has 0 aliphatic heterocycles. The Labute approximate surface area is 90.1 Å². The Morgan fingerprint density at radius 2 is 2.07 bits per heavy atom. The number of pyridine rings is 1. The van der Waals surface area contributed by atoms with E-state index in [0.717, 1.165) is 31.4 Å². The lowest BCUT2D eigenvalue weighted by molar-refractivity contribution is -0.697. The van der Waals surface area contributed by atoms with Gasteiger partial charge in [0.15, 0.2) is 12.4 Å². The predicted octanol–water partition coefficient (Wildman–Crippen LogP) is 2.04. The van der Waals surface area contributed by atoms with Crippen molar-refractivity contribution in [2.24, 2.45) is 5.18 Å². The Morgan fingerprint density at radius 3 is 2.67 bits per heavy atom. The van der Waals surface area contributed by atoms with Crippen LogP contribution in [0.5, 0.6) is 0 Å². The second kappa shape index (κ2) is 6.72. The maximum Gasteiger partial charge on any atom is 0.169 e. The molecular formula is C12H15N2O+. The van der Waals surface area contributed by atoms with Crippen LogP contribution in [0.15, 0.2) is 29.7 Å². The van der Waals surface area contributed by atoms with E-state index in [4.69, 9.17) is 6.42 Å². The summed E-state index contributed by atoms with van der Waals surface area (Å²) in [4.78, 5) is 10.0. The monoisotopic (exact) mass is 203 g/mol. The van der Waals surface area contributed by atoms with Gasteiger partial charge in [-0.2, -0.15) is 4.91 Å². The van der Waals surface area contributed by atoms with Crippen molar-refractivity contribution in [3.63, 3.8) is 0 Å². The Bertz CT molecular complexity index is 338. The summed E-state index contributed by atoms with van der Waals surface area (Å²) in [5.41, 5.74) is 0.949. The maximum atomic E-state index is 10.0. The van der Waals surface area contributed by atoms with Gasteiger partial charge in [-0.1, -0.05) is 5.18 Å². The van der Waals surface area contributed by atoms with E-state index in [2.05, 4.69) is 15.7 Å². The average Bonchev–Trinajstić information content (AvgIpc) is 2.27. The molecule has 0 radical (unpaired) electrons. The number of rotatable bonds is 6. The zero-order valence-electron chi connectivity index (χ0n) is 8.72. The van der Waals surface area contributed by atoms with E-state index in [9.17, 15) is 4.91 Å². The zero-order chi connectivity index (χ0) is 10.9. The summed E-state index contributed by atoms with van der Waals surface area (Å²) in [6.07, 6.45) is 12.1. The molecule has 0 aromatic carbocycles. The summed E-state index contributed by atoms with van der Waals surface area (Å²) < 4.78 is 2.09. The van der Waals surface area contributed by atoms with Gasteiger partial charge in [0, 0.05) is 25.0 Å². The third-order valence-corrected chi connectivity index (χ3v) is 2.19. The quantitative estimate of drug-likeness (QED) is 0.301. The second-order valence-electron chi connectivity index (χ2n) is 3.39. The number of hydrogen-bond donors (Lipinski definition) is 0. The first-order valence-corrected chi connectivity index (χ1v) is 5.07. The van der Waals surface area contributed by atoms with Gasteiger partial charge in [-0.15, -0.1) is 12.3 Å². The number of aromatic nitrogens is 1. The molecule has 0 aliphatic carbocycles. The summed E-state index contributed by atoms with van der Waals surface area (Å²) in [6.45, 7) is 1.22. The van der Waals surface area contributed by atoms with Crippen molar-refractivity contribution in [2.45, 2.75) is 32.4 Å². The lowest BCUT2D eigenvalue weighted by Gasteiger charge is -1.96. The summed E-state index contributed by atoms with van der Waals surface area (Å²) in [7, 11) is 0. The lowest BCUT2D eigenvalue weighted by Crippen LogP contribution is -2.32.